The van der Waals surface area contributed by atoms with Gasteiger partial charge >= 0.3 is 0 Å². The minimum Gasteiger partial charge on any atom is -0.368 e. The monoisotopic (exact) mass is 323 g/mol. The van der Waals surface area contributed by atoms with Gasteiger partial charge in [-0.3, -0.25) is 4.57 Å². The lowest BCUT2D eigenvalue weighted by Gasteiger charge is -2.07. The molecule has 92 valence electrons. The van der Waals surface area contributed by atoms with Crippen molar-refractivity contribution in [2.24, 2.45) is 0 Å². The summed E-state index contributed by atoms with van der Waals surface area (Å²) in [5.74, 6) is 0.691. The van der Waals surface area contributed by atoms with Crippen molar-refractivity contribution < 1.29 is 0 Å². The largest absolute Gasteiger partial charge is 0.368 e. The number of thioether (sulfide) groups is 1. The normalized spacial score (nSPS) is 10.2. The SMILES string of the molecule is N#CCSc1nnc(N)n1Cc1ccc(Br)cc1. The minimum atomic E-state index is 0.332. The zero-order valence-electron chi connectivity index (χ0n) is 9.38. The van der Waals surface area contributed by atoms with Crippen LogP contribution in [0.15, 0.2) is 33.9 Å². The second-order valence-corrected chi connectivity index (χ2v) is 5.36. The topological polar surface area (TPSA) is 80.5 Å². The van der Waals surface area contributed by atoms with Gasteiger partial charge in [0.15, 0.2) is 5.16 Å². The third kappa shape index (κ3) is 3.03. The van der Waals surface area contributed by atoms with Crippen LogP contribution in [0, 0.1) is 11.3 Å². The average molecular weight is 324 g/mol. The van der Waals surface area contributed by atoms with E-state index >= 15 is 0 Å². The van der Waals surface area contributed by atoms with Crippen LogP contribution in [0.3, 0.4) is 0 Å². The van der Waals surface area contributed by atoms with Gasteiger partial charge < -0.3 is 5.73 Å². The summed E-state index contributed by atoms with van der Waals surface area (Å²) in [6, 6.07) is 10.0. The molecule has 1 heterocycles. The molecule has 0 unspecified atom stereocenters. The number of halogens is 1. The highest BCUT2D eigenvalue weighted by atomic mass is 79.9. The van der Waals surface area contributed by atoms with Crippen LogP contribution < -0.4 is 5.73 Å². The second kappa shape index (κ2) is 5.89. The molecule has 1 aromatic carbocycles. The minimum absolute atomic E-state index is 0.332. The standard InChI is InChI=1S/C11H10BrN5S/c12-9-3-1-8(2-4-9)7-17-10(14)15-16-11(17)18-6-5-13/h1-4H,6-7H2,(H2,14,15). The molecule has 18 heavy (non-hydrogen) atoms. The third-order valence-electron chi connectivity index (χ3n) is 2.27. The number of nitrogens with zero attached hydrogens (tertiary/aromatic N) is 4. The molecule has 0 radical (unpaired) electrons. The number of anilines is 1. The van der Waals surface area contributed by atoms with Gasteiger partial charge in [0, 0.05) is 4.47 Å². The first-order valence-electron chi connectivity index (χ1n) is 5.13. The number of hydrogen-bond acceptors (Lipinski definition) is 5. The van der Waals surface area contributed by atoms with Gasteiger partial charge in [0.05, 0.1) is 18.4 Å². The fourth-order valence-electron chi connectivity index (χ4n) is 1.42. The third-order valence-corrected chi connectivity index (χ3v) is 3.63. The molecular formula is C11H10BrN5S. The fourth-order valence-corrected chi connectivity index (χ4v) is 2.30. The van der Waals surface area contributed by atoms with E-state index < -0.39 is 0 Å². The van der Waals surface area contributed by atoms with Gasteiger partial charge in [-0.2, -0.15) is 5.26 Å². The number of nitrogen functional groups attached to an aromatic ring is 1. The zero-order chi connectivity index (χ0) is 13.0. The molecule has 1 aromatic heterocycles. The highest BCUT2D eigenvalue weighted by molar-refractivity contribution is 9.10. The van der Waals surface area contributed by atoms with Gasteiger partial charge in [0.2, 0.25) is 5.95 Å². The number of rotatable bonds is 4. The maximum Gasteiger partial charge on any atom is 0.223 e. The Morgan fingerprint density at radius 3 is 2.72 bits per heavy atom. The van der Waals surface area contributed by atoms with Crippen LogP contribution in [-0.2, 0) is 6.54 Å². The average Bonchev–Trinajstić information content (AvgIpc) is 2.71. The molecule has 0 atom stereocenters. The van der Waals surface area contributed by atoms with Crippen molar-refractivity contribution in [1.29, 1.82) is 5.26 Å². The Balaban J connectivity index is 2.20. The van der Waals surface area contributed by atoms with Gasteiger partial charge in [-0.15, -0.1) is 10.2 Å². The lowest BCUT2D eigenvalue weighted by molar-refractivity contribution is 0.717. The van der Waals surface area contributed by atoms with Crippen molar-refractivity contribution in [3.05, 3.63) is 34.3 Å². The highest BCUT2D eigenvalue weighted by Gasteiger charge is 2.10. The fraction of sp³-hybridized carbons (Fsp3) is 0.182. The van der Waals surface area contributed by atoms with E-state index in [0.717, 1.165) is 10.0 Å². The van der Waals surface area contributed by atoms with E-state index in [9.17, 15) is 0 Å². The van der Waals surface area contributed by atoms with E-state index in [1.165, 1.54) is 11.8 Å². The van der Waals surface area contributed by atoms with E-state index in [1.54, 1.807) is 4.57 Å². The van der Waals surface area contributed by atoms with Gasteiger partial charge in [-0.25, -0.2) is 0 Å². The number of benzene rings is 1. The predicted octanol–water partition coefficient (Wildman–Crippen LogP) is 2.29. The zero-order valence-corrected chi connectivity index (χ0v) is 11.8. The van der Waals surface area contributed by atoms with E-state index in [1.807, 2.05) is 24.3 Å². The number of hydrogen-bond donors (Lipinski definition) is 1. The number of aromatic nitrogens is 3. The summed E-state index contributed by atoms with van der Waals surface area (Å²) in [6.45, 7) is 0.597. The van der Waals surface area contributed by atoms with Gasteiger partial charge in [0.1, 0.15) is 0 Å². The van der Waals surface area contributed by atoms with Crippen molar-refractivity contribution in [2.45, 2.75) is 11.7 Å². The molecule has 0 bridgehead atoms. The lowest BCUT2D eigenvalue weighted by atomic mass is 10.2. The van der Waals surface area contributed by atoms with Crippen LogP contribution >= 0.6 is 27.7 Å². The quantitative estimate of drug-likeness (QED) is 0.873. The molecule has 0 aliphatic rings. The molecule has 0 spiro atoms. The summed E-state index contributed by atoms with van der Waals surface area (Å²) in [5, 5.41) is 17.0. The van der Waals surface area contributed by atoms with Gasteiger partial charge in [0.25, 0.3) is 0 Å². The maximum atomic E-state index is 8.58. The smallest absolute Gasteiger partial charge is 0.223 e. The van der Waals surface area contributed by atoms with E-state index in [-0.39, 0.29) is 0 Å². The van der Waals surface area contributed by atoms with Crippen molar-refractivity contribution in [3.8, 4) is 6.07 Å². The predicted molar refractivity (Wildman–Crippen MR) is 74.0 cm³/mol. The van der Waals surface area contributed by atoms with Crippen LogP contribution in [0.2, 0.25) is 0 Å². The Labute approximate surface area is 117 Å². The molecule has 7 heteroatoms. The summed E-state index contributed by atoms with van der Waals surface area (Å²) in [6.07, 6.45) is 0. The summed E-state index contributed by atoms with van der Waals surface area (Å²) >= 11 is 4.72. The highest BCUT2D eigenvalue weighted by Crippen LogP contribution is 2.20. The first-order chi connectivity index (χ1) is 8.70. The van der Waals surface area contributed by atoms with E-state index in [4.69, 9.17) is 11.0 Å². The van der Waals surface area contributed by atoms with Crippen LogP contribution in [0.25, 0.3) is 0 Å². The van der Waals surface area contributed by atoms with Crippen LogP contribution in [0.5, 0.6) is 0 Å². The van der Waals surface area contributed by atoms with Crippen molar-refractivity contribution in [3.63, 3.8) is 0 Å². The molecule has 5 nitrogen and oxygen atoms in total. The van der Waals surface area contributed by atoms with Crippen LogP contribution in [-0.4, -0.2) is 20.5 Å². The van der Waals surface area contributed by atoms with Crippen molar-refractivity contribution in [1.82, 2.24) is 14.8 Å². The molecule has 2 aromatic rings. The summed E-state index contributed by atoms with van der Waals surface area (Å²) < 4.78 is 2.83. The maximum absolute atomic E-state index is 8.58. The molecule has 0 aliphatic heterocycles. The summed E-state index contributed by atoms with van der Waals surface area (Å²) in [5.41, 5.74) is 6.88. The molecule has 0 saturated carbocycles. The number of nitrogens with two attached hydrogens (primary N) is 1. The Hall–Kier alpha value is -1.52. The number of nitriles is 1. The lowest BCUT2D eigenvalue weighted by Crippen LogP contribution is -2.06. The molecule has 0 aliphatic carbocycles. The summed E-state index contributed by atoms with van der Waals surface area (Å²) in [7, 11) is 0. The molecule has 0 fully saturated rings. The second-order valence-electron chi connectivity index (χ2n) is 3.50. The molecule has 2 N–H and O–H groups in total. The van der Waals surface area contributed by atoms with Gasteiger partial charge in [-0.1, -0.05) is 39.8 Å². The van der Waals surface area contributed by atoms with Crippen molar-refractivity contribution >= 4 is 33.6 Å². The molecular weight excluding hydrogens is 314 g/mol. The Morgan fingerprint density at radius 2 is 2.06 bits per heavy atom. The molecule has 2 rings (SSSR count). The van der Waals surface area contributed by atoms with Crippen molar-refractivity contribution in [2.75, 3.05) is 11.5 Å². The molecule has 0 saturated heterocycles. The van der Waals surface area contributed by atoms with Gasteiger partial charge in [-0.05, 0) is 17.7 Å². The first-order valence-corrected chi connectivity index (χ1v) is 6.91. The van der Waals surface area contributed by atoms with Crippen LogP contribution in [0.1, 0.15) is 5.56 Å². The Bertz CT molecular complexity index is 572. The molecule has 0 amide bonds. The van der Waals surface area contributed by atoms with E-state index in [2.05, 4.69) is 32.2 Å². The first kappa shape index (κ1) is 12.9. The Morgan fingerprint density at radius 1 is 1.33 bits per heavy atom. The Kier molecular flexibility index (Phi) is 4.23. The van der Waals surface area contributed by atoms with E-state index in [0.29, 0.717) is 23.4 Å². The summed E-state index contributed by atoms with van der Waals surface area (Å²) in [4.78, 5) is 0. The van der Waals surface area contributed by atoms with Crippen LogP contribution in [0.4, 0.5) is 5.95 Å².